The maximum atomic E-state index is 13.7. The number of carbonyl (C=O) groups is 2. The number of hydrogen-bond acceptors (Lipinski definition) is 4. The quantitative estimate of drug-likeness (QED) is 0.352. The molecule has 0 aromatic carbocycles. The minimum absolute atomic E-state index is 0.0125. The predicted molar refractivity (Wildman–Crippen MR) is 140 cm³/mol. The van der Waals surface area contributed by atoms with E-state index in [4.69, 9.17) is 9.47 Å². The second-order valence-corrected chi connectivity index (χ2v) is 16.3. The smallest absolute Gasteiger partial charge is 0.313 e. The fraction of sp³-hybridized carbons (Fsp3) is 0.938. The van der Waals surface area contributed by atoms with Crippen molar-refractivity contribution in [3.63, 3.8) is 0 Å². The molecule has 0 aromatic heterocycles. The second kappa shape index (κ2) is 7.12. The summed E-state index contributed by atoms with van der Waals surface area (Å²) in [7, 11) is 0. The molecule has 6 rings (SSSR count). The highest BCUT2D eigenvalue weighted by Crippen LogP contribution is 2.80. The van der Waals surface area contributed by atoms with Crippen LogP contribution < -0.4 is 0 Å². The van der Waals surface area contributed by atoms with E-state index in [2.05, 4.69) is 48.5 Å². The standard InChI is InChI=1S/C32H50O4/c1-20(33)35-24-11-12-28(6)21(27(24,4)5)9-13-29(7)22(28)10-14-32-23-19-26(2,3)15-17-31(23,25(34)36-32)18-16-30(29,32)8/h21-24H,9-19H2,1-8H3. The maximum Gasteiger partial charge on any atom is 0.313 e. The molecule has 0 aromatic rings. The Labute approximate surface area is 219 Å². The molecule has 1 heterocycles. The zero-order valence-electron chi connectivity index (χ0n) is 24.2. The highest BCUT2D eigenvalue weighted by Gasteiger charge is 2.81. The lowest BCUT2D eigenvalue weighted by Gasteiger charge is -2.74. The maximum absolute atomic E-state index is 13.7. The van der Waals surface area contributed by atoms with Crippen LogP contribution in [0, 0.1) is 50.2 Å². The number of esters is 2. The van der Waals surface area contributed by atoms with Gasteiger partial charge in [0.15, 0.2) is 0 Å². The number of carbonyl (C=O) groups excluding carboxylic acids is 2. The average molecular weight is 499 g/mol. The van der Waals surface area contributed by atoms with Crippen LogP contribution in [0.5, 0.6) is 0 Å². The van der Waals surface area contributed by atoms with Crippen LogP contribution in [0.2, 0.25) is 0 Å². The molecule has 1 spiro atoms. The fourth-order valence-electron chi connectivity index (χ4n) is 12.2. The Bertz CT molecular complexity index is 998. The molecule has 6 fully saturated rings. The molecule has 2 bridgehead atoms. The van der Waals surface area contributed by atoms with Gasteiger partial charge in [0.1, 0.15) is 11.7 Å². The molecule has 1 aliphatic heterocycles. The number of fused-ring (bicyclic) bond motifs is 4. The van der Waals surface area contributed by atoms with Crippen LogP contribution in [-0.2, 0) is 19.1 Å². The third-order valence-electron chi connectivity index (χ3n) is 14.3. The third-order valence-corrected chi connectivity index (χ3v) is 14.3. The van der Waals surface area contributed by atoms with Crippen molar-refractivity contribution in [2.24, 2.45) is 50.2 Å². The molecule has 0 N–H and O–H groups in total. The van der Waals surface area contributed by atoms with Crippen LogP contribution in [-0.4, -0.2) is 23.6 Å². The van der Waals surface area contributed by atoms with Crippen molar-refractivity contribution < 1.29 is 19.1 Å². The van der Waals surface area contributed by atoms with Gasteiger partial charge in [-0.25, -0.2) is 0 Å². The molecule has 9 unspecified atom stereocenters. The van der Waals surface area contributed by atoms with E-state index in [0.29, 0.717) is 17.8 Å². The van der Waals surface area contributed by atoms with Crippen LogP contribution in [0.15, 0.2) is 0 Å². The van der Waals surface area contributed by atoms with Gasteiger partial charge in [-0.05, 0) is 98.7 Å². The van der Waals surface area contributed by atoms with E-state index in [9.17, 15) is 9.59 Å². The molecule has 5 aliphatic carbocycles. The minimum atomic E-state index is -0.293. The number of hydrogen-bond donors (Lipinski definition) is 0. The van der Waals surface area contributed by atoms with Crippen molar-refractivity contribution in [2.75, 3.05) is 0 Å². The molecule has 5 saturated carbocycles. The van der Waals surface area contributed by atoms with Crippen LogP contribution in [0.4, 0.5) is 0 Å². The van der Waals surface area contributed by atoms with Crippen molar-refractivity contribution in [3.05, 3.63) is 0 Å². The first-order chi connectivity index (χ1) is 16.6. The van der Waals surface area contributed by atoms with Crippen molar-refractivity contribution in [3.8, 4) is 0 Å². The van der Waals surface area contributed by atoms with Crippen molar-refractivity contribution in [2.45, 2.75) is 138 Å². The Balaban J connectivity index is 1.40. The van der Waals surface area contributed by atoms with E-state index in [1.165, 1.54) is 12.8 Å². The lowest BCUT2D eigenvalue weighted by Crippen LogP contribution is -2.72. The molecule has 1 saturated heterocycles. The Morgan fingerprint density at radius 3 is 2.17 bits per heavy atom. The largest absolute Gasteiger partial charge is 0.462 e. The van der Waals surface area contributed by atoms with Gasteiger partial charge < -0.3 is 9.47 Å². The number of ether oxygens (including phenoxy) is 2. The molecular formula is C32H50O4. The van der Waals surface area contributed by atoms with E-state index < -0.39 is 0 Å². The topological polar surface area (TPSA) is 52.6 Å². The Morgan fingerprint density at radius 2 is 1.47 bits per heavy atom. The van der Waals surface area contributed by atoms with Gasteiger partial charge in [0.2, 0.25) is 0 Å². The van der Waals surface area contributed by atoms with Crippen molar-refractivity contribution >= 4 is 11.9 Å². The van der Waals surface area contributed by atoms with Gasteiger partial charge in [-0.1, -0.05) is 48.5 Å². The highest BCUT2D eigenvalue weighted by atomic mass is 16.6. The Morgan fingerprint density at radius 1 is 0.806 bits per heavy atom. The van der Waals surface area contributed by atoms with Crippen LogP contribution in [0.1, 0.15) is 126 Å². The zero-order chi connectivity index (χ0) is 26.2. The average Bonchev–Trinajstić information content (AvgIpc) is 2.94. The van der Waals surface area contributed by atoms with Crippen molar-refractivity contribution in [1.29, 1.82) is 0 Å². The third kappa shape index (κ3) is 2.73. The highest BCUT2D eigenvalue weighted by molar-refractivity contribution is 5.81. The van der Waals surface area contributed by atoms with Crippen LogP contribution >= 0.6 is 0 Å². The number of rotatable bonds is 1. The fourth-order valence-corrected chi connectivity index (χ4v) is 12.2. The molecule has 0 amide bonds. The van der Waals surface area contributed by atoms with E-state index >= 15 is 0 Å². The molecule has 9 atom stereocenters. The zero-order valence-corrected chi connectivity index (χ0v) is 24.2. The first kappa shape index (κ1) is 25.2. The van der Waals surface area contributed by atoms with E-state index in [-0.39, 0.29) is 56.1 Å². The molecule has 4 heteroatoms. The van der Waals surface area contributed by atoms with Crippen LogP contribution in [0.25, 0.3) is 0 Å². The summed E-state index contributed by atoms with van der Waals surface area (Å²) >= 11 is 0. The van der Waals surface area contributed by atoms with Gasteiger partial charge in [0.25, 0.3) is 0 Å². The summed E-state index contributed by atoms with van der Waals surface area (Å²) in [5, 5.41) is 0. The molecule has 0 radical (unpaired) electrons. The minimum Gasteiger partial charge on any atom is -0.462 e. The molecule has 36 heavy (non-hydrogen) atoms. The van der Waals surface area contributed by atoms with Crippen molar-refractivity contribution in [1.82, 2.24) is 0 Å². The summed E-state index contributed by atoms with van der Waals surface area (Å²) < 4.78 is 12.7. The summed E-state index contributed by atoms with van der Waals surface area (Å²) in [5.74, 6) is 1.53. The first-order valence-electron chi connectivity index (χ1n) is 15.0. The Kier molecular flexibility index (Phi) is 4.99. The lowest BCUT2D eigenvalue weighted by molar-refractivity contribution is -0.286. The van der Waals surface area contributed by atoms with Gasteiger partial charge in [0.05, 0.1) is 5.41 Å². The molecule has 4 nitrogen and oxygen atoms in total. The van der Waals surface area contributed by atoms with Crippen LogP contribution in [0.3, 0.4) is 0 Å². The normalized spacial score (nSPS) is 54.3. The first-order valence-corrected chi connectivity index (χ1v) is 15.0. The molecular weight excluding hydrogens is 448 g/mol. The monoisotopic (exact) mass is 498 g/mol. The molecule has 6 aliphatic rings. The summed E-state index contributed by atoms with van der Waals surface area (Å²) in [5.41, 5.74) is 0.142. The van der Waals surface area contributed by atoms with E-state index in [1.54, 1.807) is 6.92 Å². The van der Waals surface area contributed by atoms with E-state index in [0.717, 1.165) is 57.8 Å². The second-order valence-electron chi connectivity index (χ2n) is 16.3. The SMILES string of the molecule is CC(=O)OC1CCC2(C)C(CCC3(C)C2CCC24OC(=O)C5(CCC(C)(C)CC52)CCC34C)C1(C)C. The molecule has 202 valence electrons. The van der Waals surface area contributed by atoms with Gasteiger partial charge in [-0.2, -0.15) is 0 Å². The predicted octanol–water partition coefficient (Wildman–Crippen LogP) is 7.48. The van der Waals surface area contributed by atoms with Gasteiger partial charge in [0, 0.05) is 23.7 Å². The Hall–Kier alpha value is -1.06. The van der Waals surface area contributed by atoms with E-state index in [1.807, 2.05) is 0 Å². The van der Waals surface area contributed by atoms with Gasteiger partial charge in [-0.15, -0.1) is 0 Å². The van der Waals surface area contributed by atoms with Gasteiger partial charge >= 0.3 is 11.9 Å². The summed E-state index contributed by atoms with van der Waals surface area (Å²) in [6, 6.07) is 0. The summed E-state index contributed by atoms with van der Waals surface area (Å²) in [4.78, 5) is 25.6. The lowest BCUT2D eigenvalue weighted by atomic mass is 9.31. The van der Waals surface area contributed by atoms with Gasteiger partial charge in [-0.3, -0.25) is 9.59 Å². The summed E-state index contributed by atoms with van der Waals surface area (Å²) in [6.07, 6.45) is 12.1. The summed E-state index contributed by atoms with van der Waals surface area (Å²) in [6.45, 7) is 18.8.